The van der Waals surface area contributed by atoms with Crippen LogP contribution in [-0.4, -0.2) is 13.0 Å². The van der Waals surface area contributed by atoms with E-state index in [4.69, 9.17) is 5.73 Å². The van der Waals surface area contributed by atoms with E-state index in [0.29, 0.717) is 5.56 Å². The normalized spacial score (nSPS) is 10.6. The van der Waals surface area contributed by atoms with Crippen molar-refractivity contribution in [3.05, 3.63) is 23.8 Å². The van der Waals surface area contributed by atoms with E-state index in [0.717, 1.165) is 0 Å². The quantitative estimate of drug-likeness (QED) is 0.325. The SMILES string of the molecule is Cc1ccc(N)c(S(=O)(=O)[O-])c1.[K+]. The number of hydrogen-bond donors (Lipinski definition) is 1. The van der Waals surface area contributed by atoms with Crippen LogP contribution in [0.3, 0.4) is 0 Å². The molecule has 0 fully saturated rings. The summed E-state index contributed by atoms with van der Waals surface area (Å²) in [7, 11) is -4.43. The van der Waals surface area contributed by atoms with Crippen molar-refractivity contribution in [1.82, 2.24) is 0 Å². The summed E-state index contributed by atoms with van der Waals surface area (Å²) in [6.45, 7) is 1.69. The van der Waals surface area contributed by atoms with Gasteiger partial charge in [0, 0.05) is 5.69 Å². The van der Waals surface area contributed by atoms with E-state index in [1.807, 2.05) is 0 Å². The van der Waals surface area contributed by atoms with E-state index in [2.05, 4.69) is 0 Å². The van der Waals surface area contributed by atoms with Crippen molar-refractivity contribution in [3.63, 3.8) is 0 Å². The average molecular weight is 225 g/mol. The van der Waals surface area contributed by atoms with Crippen molar-refractivity contribution < 1.29 is 64.4 Å². The molecule has 0 heterocycles. The number of nitrogen functional groups attached to an aromatic ring is 1. The minimum atomic E-state index is -4.43. The number of benzene rings is 1. The van der Waals surface area contributed by atoms with E-state index in [-0.39, 0.29) is 62.0 Å². The number of aryl methyl sites for hydroxylation is 1. The molecule has 1 aromatic carbocycles. The molecule has 0 saturated heterocycles. The first-order valence-corrected chi connectivity index (χ1v) is 4.64. The molecule has 0 radical (unpaired) electrons. The van der Waals surface area contributed by atoms with Gasteiger partial charge in [-0.3, -0.25) is 0 Å². The van der Waals surface area contributed by atoms with Gasteiger partial charge in [0.05, 0.1) is 4.90 Å². The molecule has 0 saturated carbocycles. The van der Waals surface area contributed by atoms with Gasteiger partial charge in [-0.25, -0.2) is 8.42 Å². The molecule has 66 valence electrons. The molecule has 0 amide bonds. The minimum absolute atomic E-state index is 0. The van der Waals surface area contributed by atoms with Crippen LogP contribution in [0.5, 0.6) is 0 Å². The maximum atomic E-state index is 10.6. The summed E-state index contributed by atoms with van der Waals surface area (Å²) >= 11 is 0. The second kappa shape index (κ2) is 4.88. The van der Waals surface area contributed by atoms with Gasteiger partial charge in [0.25, 0.3) is 0 Å². The first-order valence-electron chi connectivity index (χ1n) is 3.23. The molecule has 0 aliphatic heterocycles. The molecule has 6 heteroatoms. The average Bonchev–Trinajstić information content (AvgIpc) is 1.92. The first-order chi connectivity index (χ1) is 5.41. The van der Waals surface area contributed by atoms with Gasteiger partial charge in [-0.15, -0.1) is 0 Å². The summed E-state index contributed by atoms with van der Waals surface area (Å²) in [6.07, 6.45) is 0. The van der Waals surface area contributed by atoms with Crippen molar-refractivity contribution in [1.29, 1.82) is 0 Å². The monoisotopic (exact) mass is 225 g/mol. The number of anilines is 1. The maximum Gasteiger partial charge on any atom is 1.00 e. The van der Waals surface area contributed by atoms with Gasteiger partial charge in [0.2, 0.25) is 0 Å². The van der Waals surface area contributed by atoms with E-state index in [1.165, 1.54) is 12.1 Å². The molecule has 2 N–H and O–H groups in total. The fraction of sp³-hybridized carbons (Fsp3) is 0.143. The van der Waals surface area contributed by atoms with Crippen LogP contribution in [0.4, 0.5) is 5.69 Å². The Bertz CT molecular complexity index is 402. The van der Waals surface area contributed by atoms with Crippen LogP contribution in [-0.2, 0) is 10.1 Å². The molecule has 4 nitrogen and oxygen atoms in total. The van der Waals surface area contributed by atoms with E-state index < -0.39 is 10.1 Å². The Morgan fingerprint density at radius 2 is 1.92 bits per heavy atom. The van der Waals surface area contributed by atoms with E-state index >= 15 is 0 Å². The van der Waals surface area contributed by atoms with Crippen LogP contribution < -0.4 is 57.1 Å². The predicted octanol–water partition coefficient (Wildman–Crippen LogP) is -2.51. The molecule has 0 aliphatic rings. The van der Waals surface area contributed by atoms with Crippen LogP contribution >= 0.6 is 0 Å². The van der Waals surface area contributed by atoms with Crippen LogP contribution in [0, 0.1) is 6.92 Å². The minimum Gasteiger partial charge on any atom is -0.744 e. The second-order valence-electron chi connectivity index (χ2n) is 2.50. The second-order valence-corrected chi connectivity index (χ2v) is 3.84. The van der Waals surface area contributed by atoms with Gasteiger partial charge >= 0.3 is 51.4 Å². The van der Waals surface area contributed by atoms with Gasteiger partial charge in [-0.05, 0) is 24.6 Å². The van der Waals surface area contributed by atoms with E-state index in [9.17, 15) is 13.0 Å². The molecule has 0 aromatic heterocycles. The van der Waals surface area contributed by atoms with Crippen LogP contribution in [0.25, 0.3) is 0 Å². The van der Waals surface area contributed by atoms with Crippen LogP contribution in [0.2, 0.25) is 0 Å². The zero-order chi connectivity index (χ0) is 9.35. The third-order valence-electron chi connectivity index (χ3n) is 1.44. The van der Waals surface area contributed by atoms with Crippen molar-refractivity contribution in [2.45, 2.75) is 11.8 Å². The largest absolute Gasteiger partial charge is 1.00 e. The van der Waals surface area contributed by atoms with E-state index in [1.54, 1.807) is 13.0 Å². The topological polar surface area (TPSA) is 83.2 Å². The molecule has 0 spiro atoms. The summed E-state index contributed by atoms with van der Waals surface area (Å²) in [6, 6.07) is 4.31. The van der Waals surface area contributed by atoms with Gasteiger partial charge in [0.1, 0.15) is 10.1 Å². The summed E-state index contributed by atoms with van der Waals surface area (Å²) < 4.78 is 31.7. The van der Waals surface area contributed by atoms with Gasteiger partial charge in [-0.2, -0.15) is 0 Å². The number of rotatable bonds is 1. The number of nitrogens with two attached hydrogens (primary N) is 1. The molecule has 0 unspecified atom stereocenters. The van der Waals surface area contributed by atoms with Gasteiger partial charge in [-0.1, -0.05) is 6.07 Å². The first kappa shape index (κ1) is 13.6. The zero-order valence-electron chi connectivity index (χ0n) is 7.44. The van der Waals surface area contributed by atoms with Gasteiger partial charge < -0.3 is 10.3 Å². The molecule has 1 aromatic rings. The summed E-state index contributed by atoms with van der Waals surface area (Å²) in [5, 5.41) is 0. The molecule has 0 atom stereocenters. The fourth-order valence-electron chi connectivity index (χ4n) is 0.858. The van der Waals surface area contributed by atoms with Crippen molar-refractivity contribution in [3.8, 4) is 0 Å². The fourth-order valence-corrected chi connectivity index (χ4v) is 1.55. The Morgan fingerprint density at radius 1 is 1.38 bits per heavy atom. The Hall–Kier alpha value is 0.566. The molecular formula is C7H8KNO3S. The molecule has 0 aliphatic carbocycles. The van der Waals surface area contributed by atoms with Crippen molar-refractivity contribution >= 4 is 15.8 Å². The van der Waals surface area contributed by atoms with Crippen molar-refractivity contribution in [2.24, 2.45) is 0 Å². The van der Waals surface area contributed by atoms with Crippen LogP contribution in [0.15, 0.2) is 23.1 Å². The van der Waals surface area contributed by atoms with Crippen molar-refractivity contribution in [2.75, 3.05) is 5.73 Å². The summed E-state index contributed by atoms with van der Waals surface area (Å²) in [4.78, 5) is -0.345. The molecule has 0 bridgehead atoms. The number of hydrogen-bond acceptors (Lipinski definition) is 4. The summed E-state index contributed by atoms with van der Waals surface area (Å²) in [5.41, 5.74) is 5.99. The van der Waals surface area contributed by atoms with Crippen LogP contribution in [0.1, 0.15) is 5.56 Å². The standard InChI is InChI=1S/C7H9NO3S.K/c1-5-2-3-6(8)7(4-5)12(9,10)11;/h2-4H,8H2,1H3,(H,9,10,11);/q;+1/p-1. The summed E-state index contributed by atoms with van der Waals surface area (Å²) in [5.74, 6) is 0. The van der Waals surface area contributed by atoms with Gasteiger partial charge in [0.15, 0.2) is 0 Å². The molecule has 1 rings (SSSR count). The Labute approximate surface area is 120 Å². The maximum absolute atomic E-state index is 10.6. The molecular weight excluding hydrogens is 217 g/mol. The molecule has 13 heavy (non-hydrogen) atoms. The third-order valence-corrected chi connectivity index (χ3v) is 2.33. The zero-order valence-corrected chi connectivity index (χ0v) is 11.4. The smallest absolute Gasteiger partial charge is 0.744 e. The Balaban J connectivity index is 0.00000144. The third kappa shape index (κ3) is 3.66. The Morgan fingerprint density at radius 3 is 2.31 bits per heavy atom. The predicted molar refractivity (Wildman–Crippen MR) is 43.6 cm³/mol. The Kier molecular flexibility index (Phi) is 5.09.